The number of hydrogen-bond donors (Lipinski definition) is 1. The number of carbonyl (C=O) groups is 1. The lowest BCUT2D eigenvalue weighted by molar-refractivity contribution is -0.127. The van der Waals surface area contributed by atoms with E-state index in [2.05, 4.69) is 59.2 Å². The fourth-order valence-electron chi connectivity index (χ4n) is 6.43. The van der Waals surface area contributed by atoms with Crippen molar-refractivity contribution in [2.75, 3.05) is 40.0 Å². The number of piperidine rings is 1. The van der Waals surface area contributed by atoms with Gasteiger partial charge < -0.3 is 14.4 Å². The Balaban J connectivity index is 1.38. The number of hydrazone groups is 1. The van der Waals surface area contributed by atoms with Gasteiger partial charge in [-0.3, -0.25) is 19.6 Å². The lowest BCUT2D eigenvalue weighted by Crippen LogP contribution is -2.38. The first-order chi connectivity index (χ1) is 20.9. The van der Waals surface area contributed by atoms with Gasteiger partial charge in [-0.1, -0.05) is 24.2 Å². The van der Waals surface area contributed by atoms with Crippen molar-refractivity contribution in [1.82, 2.24) is 29.9 Å². The van der Waals surface area contributed by atoms with E-state index in [1.165, 1.54) is 6.08 Å². The van der Waals surface area contributed by atoms with Crippen LogP contribution < -0.4 is 5.43 Å². The van der Waals surface area contributed by atoms with Crippen LogP contribution in [-0.2, 0) is 20.8 Å². The van der Waals surface area contributed by atoms with Crippen molar-refractivity contribution in [2.24, 2.45) is 11.0 Å². The molecule has 2 aromatic heterocycles. The van der Waals surface area contributed by atoms with E-state index in [1.54, 1.807) is 7.11 Å². The molecule has 0 spiro atoms. The largest absolute Gasteiger partial charge is 0.382 e. The predicted molar refractivity (Wildman–Crippen MR) is 168 cm³/mol. The second-order valence-electron chi connectivity index (χ2n) is 11.3. The van der Waals surface area contributed by atoms with E-state index in [0.717, 1.165) is 62.6 Å². The van der Waals surface area contributed by atoms with Crippen molar-refractivity contribution in [2.45, 2.75) is 45.2 Å². The first-order valence-corrected chi connectivity index (χ1v) is 15.2. The second kappa shape index (κ2) is 12.5. The molecular formula is C32H38ClN7O3. The highest BCUT2D eigenvalue weighted by Crippen LogP contribution is 2.48. The van der Waals surface area contributed by atoms with Crippen molar-refractivity contribution in [3.8, 4) is 11.3 Å². The number of amides is 1. The van der Waals surface area contributed by atoms with Gasteiger partial charge in [-0.15, -0.1) is 0 Å². The van der Waals surface area contributed by atoms with Gasteiger partial charge >= 0.3 is 0 Å². The molecule has 2 aliphatic heterocycles. The molecule has 226 valence electrons. The highest BCUT2D eigenvalue weighted by Gasteiger charge is 2.39. The number of nitrogens with one attached hydrogen (secondary N) is 1. The van der Waals surface area contributed by atoms with E-state index in [-0.39, 0.29) is 23.8 Å². The zero-order valence-corrected chi connectivity index (χ0v) is 25.7. The zero-order valence-electron chi connectivity index (χ0n) is 24.9. The van der Waals surface area contributed by atoms with Crippen molar-refractivity contribution in [3.05, 3.63) is 70.7 Å². The molecule has 1 amide bonds. The molecule has 1 fully saturated rings. The lowest BCUT2D eigenvalue weighted by atomic mass is 9.78. The number of allylic oxidation sites excluding steroid dienone is 4. The topological polar surface area (TPSA) is 98.8 Å². The summed E-state index contributed by atoms with van der Waals surface area (Å²) in [7, 11) is 1.67. The Hall–Kier alpha value is -3.73. The molecule has 2 atom stereocenters. The smallest absolute Gasteiger partial charge is 0.245 e. The van der Waals surface area contributed by atoms with Crippen molar-refractivity contribution < 1.29 is 14.3 Å². The zero-order chi connectivity index (χ0) is 30.1. The minimum absolute atomic E-state index is 0.00273. The standard InChI is InChI=1S/C32H38ClN7O3/c1-5-28(41)38-10-8-24(9-11-38)40-21(3)29(30-25-18-34-35-27(25)16-20(2)31(30)33)32(37-40)22-6-7-26-23(17-22)19-39(36-26)12-13-43-15-14-42-4/h5-7,16-19,24-25,30,35H,1,8-15H2,2-4H3/t25?,30-/m1/s1. The summed E-state index contributed by atoms with van der Waals surface area (Å²) in [4.78, 5) is 14.1. The van der Waals surface area contributed by atoms with Crippen LogP contribution in [0.3, 0.4) is 0 Å². The summed E-state index contributed by atoms with van der Waals surface area (Å²) < 4.78 is 14.8. The Bertz CT molecular complexity index is 1630. The molecule has 43 heavy (non-hydrogen) atoms. The molecule has 11 heteroatoms. The van der Waals surface area contributed by atoms with Crippen LogP contribution in [0.4, 0.5) is 0 Å². The molecule has 0 bridgehead atoms. The minimum Gasteiger partial charge on any atom is -0.382 e. The maximum Gasteiger partial charge on any atom is 0.245 e. The Morgan fingerprint density at radius 3 is 2.77 bits per heavy atom. The number of carbonyl (C=O) groups excluding carboxylic acids is 1. The summed E-state index contributed by atoms with van der Waals surface area (Å²) in [5, 5.41) is 16.3. The number of methoxy groups -OCH3 is 1. The molecule has 4 heterocycles. The van der Waals surface area contributed by atoms with Crippen LogP contribution in [0.1, 0.15) is 43.0 Å². The molecule has 6 rings (SSSR count). The molecule has 0 radical (unpaired) electrons. The molecule has 1 aliphatic carbocycles. The third kappa shape index (κ3) is 5.67. The van der Waals surface area contributed by atoms with Crippen LogP contribution in [0.2, 0.25) is 0 Å². The Morgan fingerprint density at radius 1 is 1.19 bits per heavy atom. The quantitative estimate of drug-likeness (QED) is 0.261. The SMILES string of the molecule is C=CC(=O)N1CCC(n2nc(-c3ccc4nn(CCOCCOC)cc4c3)c([C@@H]3C(Cl)=C(C)C=C4NN=CC43)c2C)CC1. The Labute approximate surface area is 256 Å². The fraction of sp³-hybridized carbons (Fsp3) is 0.438. The van der Waals surface area contributed by atoms with Gasteiger partial charge in [0, 0.05) is 77.4 Å². The van der Waals surface area contributed by atoms with Gasteiger partial charge in [-0.25, -0.2) is 0 Å². The number of ether oxygens (including phenoxy) is 2. The van der Waals surface area contributed by atoms with Gasteiger partial charge in [0.25, 0.3) is 0 Å². The monoisotopic (exact) mass is 603 g/mol. The van der Waals surface area contributed by atoms with Crippen LogP contribution in [0, 0.1) is 12.8 Å². The van der Waals surface area contributed by atoms with Crippen LogP contribution in [-0.4, -0.2) is 76.6 Å². The normalized spacial score (nSPS) is 20.5. The number of aromatic nitrogens is 4. The number of halogens is 1. The van der Waals surface area contributed by atoms with E-state index in [0.29, 0.717) is 39.5 Å². The van der Waals surface area contributed by atoms with E-state index in [4.69, 9.17) is 31.3 Å². The minimum atomic E-state index is -0.116. The van der Waals surface area contributed by atoms with Gasteiger partial charge in [0.05, 0.1) is 43.6 Å². The molecule has 1 unspecified atom stereocenters. The third-order valence-electron chi connectivity index (χ3n) is 8.69. The van der Waals surface area contributed by atoms with Crippen molar-refractivity contribution >= 4 is 34.6 Å². The number of rotatable bonds is 10. The summed E-state index contributed by atoms with van der Waals surface area (Å²) in [5.74, 6) is -0.133. The Morgan fingerprint density at radius 2 is 2.00 bits per heavy atom. The summed E-state index contributed by atoms with van der Waals surface area (Å²) in [6.07, 6.45) is 9.13. The van der Waals surface area contributed by atoms with E-state index < -0.39 is 0 Å². The maximum atomic E-state index is 12.2. The molecule has 3 aliphatic rings. The van der Waals surface area contributed by atoms with Gasteiger partial charge in [-0.2, -0.15) is 15.3 Å². The number of fused-ring (bicyclic) bond motifs is 2. The molecular weight excluding hydrogens is 566 g/mol. The summed E-state index contributed by atoms with van der Waals surface area (Å²) in [6, 6.07) is 6.48. The number of benzene rings is 1. The molecule has 1 saturated heterocycles. The van der Waals surface area contributed by atoms with E-state index in [9.17, 15) is 4.79 Å². The van der Waals surface area contributed by atoms with Gasteiger partial charge in [-0.05, 0) is 56.5 Å². The molecule has 0 saturated carbocycles. The van der Waals surface area contributed by atoms with Crippen LogP contribution in [0.15, 0.2) is 64.5 Å². The van der Waals surface area contributed by atoms with Crippen molar-refractivity contribution in [3.63, 3.8) is 0 Å². The second-order valence-corrected chi connectivity index (χ2v) is 11.8. The first kappa shape index (κ1) is 29.3. The highest BCUT2D eigenvalue weighted by atomic mass is 35.5. The first-order valence-electron chi connectivity index (χ1n) is 14.8. The summed E-state index contributed by atoms with van der Waals surface area (Å²) >= 11 is 7.13. The summed E-state index contributed by atoms with van der Waals surface area (Å²) in [5.41, 5.74) is 10.3. The highest BCUT2D eigenvalue weighted by molar-refractivity contribution is 6.31. The van der Waals surface area contributed by atoms with Crippen LogP contribution in [0.5, 0.6) is 0 Å². The average molecular weight is 604 g/mol. The number of hydrogen-bond acceptors (Lipinski definition) is 7. The summed E-state index contributed by atoms with van der Waals surface area (Å²) in [6.45, 7) is 11.5. The third-order valence-corrected chi connectivity index (χ3v) is 9.23. The molecule has 1 aromatic carbocycles. The maximum absolute atomic E-state index is 12.2. The average Bonchev–Trinajstić information content (AvgIpc) is 3.74. The van der Waals surface area contributed by atoms with Crippen molar-refractivity contribution in [1.29, 1.82) is 0 Å². The molecule has 3 aromatic rings. The Kier molecular flexibility index (Phi) is 8.52. The predicted octanol–water partition coefficient (Wildman–Crippen LogP) is 4.92. The van der Waals surface area contributed by atoms with Crippen LogP contribution in [0.25, 0.3) is 22.2 Å². The molecule has 10 nitrogen and oxygen atoms in total. The van der Waals surface area contributed by atoms with Gasteiger partial charge in [0.1, 0.15) is 0 Å². The lowest BCUT2D eigenvalue weighted by Gasteiger charge is -2.32. The van der Waals surface area contributed by atoms with E-state index in [1.807, 2.05) is 22.7 Å². The molecule has 1 N–H and O–H groups in total. The number of likely N-dealkylation sites (tertiary alicyclic amines) is 1. The number of nitrogens with zero attached hydrogens (tertiary/aromatic N) is 6. The van der Waals surface area contributed by atoms with Crippen LogP contribution >= 0.6 is 11.6 Å². The van der Waals surface area contributed by atoms with E-state index >= 15 is 0 Å². The van der Waals surface area contributed by atoms with Gasteiger partial charge in [0.15, 0.2) is 0 Å². The van der Waals surface area contributed by atoms with Gasteiger partial charge in [0.2, 0.25) is 5.91 Å². The fourth-order valence-corrected chi connectivity index (χ4v) is 6.73.